The van der Waals surface area contributed by atoms with Gasteiger partial charge in [0.2, 0.25) is 0 Å². The van der Waals surface area contributed by atoms with Crippen LogP contribution in [0.25, 0.3) is 22.2 Å². The molecule has 0 aliphatic carbocycles. The quantitative estimate of drug-likeness (QED) is 0.208. The molecular formula is C29H23N3O4. The van der Waals surface area contributed by atoms with Crippen molar-refractivity contribution in [3.63, 3.8) is 0 Å². The van der Waals surface area contributed by atoms with Crippen molar-refractivity contribution in [1.82, 2.24) is 4.98 Å². The van der Waals surface area contributed by atoms with E-state index in [1.807, 2.05) is 66.7 Å². The number of furan rings is 1. The topological polar surface area (TPSA) is 108 Å². The maximum absolute atomic E-state index is 11.9. The zero-order valence-electron chi connectivity index (χ0n) is 19.5. The molecule has 0 aliphatic heterocycles. The molecule has 0 unspecified atom stereocenters. The van der Waals surface area contributed by atoms with Crippen molar-refractivity contribution < 1.29 is 19.1 Å². The molecule has 3 aromatic carbocycles. The maximum Gasteiger partial charge on any atom is 0.336 e. The molecule has 0 amide bonds. The number of fused-ring (bicyclic) bond motifs is 1. The van der Waals surface area contributed by atoms with Gasteiger partial charge in [-0.1, -0.05) is 48.5 Å². The van der Waals surface area contributed by atoms with E-state index in [2.05, 4.69) is 10.3 Å². The van der Waals surface area contributed by atoms with Gasteiger partial charge >= 0.3 is 5.97 Å². The number of rotatable bonds is 8. The van der Waals surface area contributed by atoms with Gasteiger partial charge < -0.3 is 25.0 Å². The molecule has 0 bridgehead atoms. The van der Waals surface area contributed by atoms with E-state index in [9.17, 15) is 9.90 Å². The predicted octanol–water partition coefficient (Wildman–Crippen LogP) is 6.99. The molecule has 0 saturated heterocycles. The van der Waals surface area contributed by atoms with Crippen LogP contribution >= 0.6 is 0 Å². The number of benzene rings is 3. The summed E-state index contributed by atoms with van der Waals surface area (Å²) in [5.41, 5.74) is 1.66. The number of anilines is 1. The third kappa shape index (κ3) is 4.67. The van der Waals surface area contributed by atoms with E-state index >= 15 is 0 Å². The van der Waals surface area contributed by atoms with Gasteiger partial charge in [-0.3, -0.25) is 0 Å². The van der Waals surface area contributed by atoms with E-state index in [1.165, 1.54) is 12.3 Å². The van der Waals surface area contributed by atoms with Gasteiger partial charge in [0.1, 0.15) is 23.0 Å². The SMILES string of the molecule is CC(=N)c1c(C(=O)O)cc(-c2ccco2)nc1NCc1ccc(Oc2cccc3ccccc23)cc1. The zero-order chi connectivity index (χ0) is 25.1. The molecule has 36 heavy (non-hydrogen) atoms. The Morgan fingerprint density at radius 3 is 2.53 bits per heavy atom. The summed E-state index contributed by atoms with van der Waals surface area (Å²) in [5.74, 6) is 1.11. The zero-order valence-corrected chi connectivity index (χ0v) is 19.5. The number of carboxylic acids is 1. The summed E-state index contributed by atoms with van der Waals surface area (Å²) < 4.78 is 11.5. The third-order valence-corrected chi connectivity index (χ3v) is 5.76. The lowest BCUT2D eigenvalue weighted by molar-refractivity contribution is 0.0696. The number of carboxylic acid groups (broad SMARTS) is 1. The predicted molar refractivity (Wildman–Crippen MR) is 139 cm³/mol. The van der Waals surface area contributed by atoms with Gasteiger partial charge in [-0.25, -0.2) is 9.78 Å². The summed E-state index contributed by atoms with van der Waals surface area (Å²) in [4.78, 5) is 16.5. The lowest BCUT2D eigenvalue weighted by Crippen LogP contribution is -2.14. The molecule has 3 N–H and O–H groups in total. The summed E-state index contributed by atoms with van der Waals surface area (Å²) >= 11 is 0. The average Bonchev–Trinajstić information content (AvgIpc) is 3.43. The number of aromatic nitrogens is 1. The summed E-state index contributed by atoms with van der Waals surface area (Å²) in [7, 11) is 0. The maximum atomic E-state index is 11.9. The number of aromatic carboxylic acids is 1. The summed E-state index contributed by atoms with van der Waals surface area (Å²) in [6.45, 7) is 1.92. The largest absolute Gasteiger partial charge is 0.478 e. The van der Waals surface area contributed by atoms with E-state index in [0.29, 0.717) is 29.6 Å². The number of carbonyl (C=O) groups is 1. The third-order valence-electron chi connectivity index (χ3n) is 5.76. The van der Waals surface area contributed by atoms with Crippen LogP contribution in [0.5, 0.6) is 11.5 Å². The molecule has 178 valence electrons. The first-order chi connectivity index (χ1) is 17.5. The first kappa shape index (κ1) is 22.9. The average molecular weight is 478 g/mol. The van der Waals surface area contributed by atoms with Crippen LogP contribution in [0, 0.1) is 5.41 Å². The Labute approximate surface area is 207 Å². The number of hydrogen-bond acceptors (Lipinski definition) is 6. The molecule has 0 fully saturated rings. The second kappa shape index (κ2) is 9.76. The molecule has 0 aliphatic rings. The molecule has 2 heterocycles. The molecule has 0 radical (unpaired) electrons. The lowest BCUT2D eigenvalue weighted by atomic mass is 10.0. The second-order valence-electron chi connectivity index (χ2n) is 8.26. The van der Waals surface area contributed by atoms with Crippen LogP contribution in [0.15, 0.2) is 95.6 Å². The van der Waals surface area contributed by atoms with E-state index < -0.39 is 5.97 Å². The standard InChI is InChI=1S/C29H23N3O4/c1-18(30)27-23(29(33)34)16-24(26-10-5-15-35-26)32-28(27)31-17-19-11-13-21(14-12-19)36-25-9-4-7-20-6-2-3-8-22(20)25/h2-16,30H,17H2,1H3,(H,31,32)(H,33,34). The molecule has 0 spiro atoms. The first-order valence-corrected chi connectivity index (χ1v) is 11.4. The van der Waals surface area contributed by atoms with Gasteiger partial charge in [0.15, 0.2) is 5.76 Å². The van der Waals surface area contributed by atoms with Crippen LogP contribution in [-0.4, -0.2) is 21.8 Å². The van der Waals surface area contributed by atoms with Gasteiger partial charge in [0, 0.05) is 17.6 Å². The van der Waals surface area contributed by atoms with Gasteiger partial charge in [0.05, 0.1) is 17.4 Å². The first-order valence-electron chi connectivity index (χ1n) is 11.4. The Morgan fingerprint density at radius 2 is 1.81 bits per heavy atom. The van der Waals surface area contributed by atoms with Crippen molar-refractivity contribution in [3.8, 4) is 23.0 Å². The van der Waals surface area contributed by atoms with E-state index in [-0.39, 0.29) is 16.8 Å². The smallest absolute Gasteiger partial charge is 0.336 e. The van der Waals surface area contributed by atoms with Crippen molar-refractivity contribution in [2.24, 2.45) is 0 Å². The van der Waals surface area contributed by atoms with Gasteiger partial charge in [-0.05, 0) is 54.3 Å². The fraction of sp³-hybridized carbons (Fsp3) is 0.0690. The van der Waals surface area contributed by atoms with Gasteiger partial charge in [0.25, 0.3) is 0 Å². The Morgan fingerprint density at radius 1 is 1.03 bits per heavy atom. The molecule has 7 nitrogen and oxygen atoms in total. The van der Waals surface area contributed by atoms with Crippen molar-refractivity contribution in [2.45, 2.75) is 13.5 Å². The lowest BCUT2D eigenvalue weighted by Gasteiger charge is -2.15. The highest BCUT2D eigenvalue weighted by atomic mass is 16.5. The summed E-state index contributed by atoms with van der Waals surface area (Å²) in [6, 6.07) is 26.5. The highest BCUT2D eigenvalue weighted by molar-refractivity contribution is 6.09. The van der Waals surface area contributed by atoms with E-state index in [0.717, 1.165) is 22.1 Å². The molecule has 0 atom stereocenters. The van der Waals surface area contributed by atoms with Crippen LogP contribution in [-0.2, 0) is 6.54 Å². The highest BCUT2D eigenvalue weighted by Crippen LogP contribution is 2.30. The summed E-state index contributed by atoms with van der Waals surface area (Å²) in [5, 5.41) is 23.3. The van der Waals surface area contributed by atoms with Gasteiger partial charge in [-0.2, -0.15) is 0 Å². The number of nitrogens with one attached hydrogen (secondary N) is 2. The van der Waals surface area contributed by atoms with Crippen LogP contribution in [0.3, 0.4) is 0 Å². The Hall–Kier alpha value is -4.91. The second-order valence-corrected chi connectivity index (χ2v) is 8.26. The van der Waals surface area contributed by atoms with Crippen molar-refractivity contribution in [3.05, 3.63) is 108 Å². The molecular weight excluding hydrogens is 454 g/mol. The minimum Gasteiger partial charge on any atom is -0.478 e. The van der Waals surface area contributed by atoms with E-state index in [1.54, 1.807) is 19.1 Å². The van der Waals surface area contributed by atoms with Gasteiger partial charge in [-0.15, -0.1) is 0 Å². The van der Waals surface area contributed by atoms with Crippen LogP contribution in [0.1, 0.15) is 28.4 Å². The van der Waals surface area contributed by atoms with Crippen LogP contribution < -0.4 is 10.1 Å². The van der Waals surface area contributed by atoms with Crippen LogP contribution in [0.4, 0.5) is 5.82 Å². The van der Waals surface area contributed by atoms with E-state index in [4.69, 9.17) is 14.6 Å². The molecule has 0 saturated carbocycles. The fourth-order valence-electron chi connectivity index (χ4n) is 4.04. The minimum atomic E-state index is -1.13. The molecule has 5 aromatic rings. The highest BCUT2D eigenvalue weighted by Gasteiger charge is 2.21. The Kier molecular flexibility index (Phi) is 6.19. The summed E-state index contributed by atoms with van der Waals surface area (Å²) in [6.07, 6.45) is 1.50. The monoisotopic (exact) mass is 477 g/mol. The molecule has 5 rings (SSSR count). The van der Waals surface area contributed by atoms with Crippen molar-refractivity contribution in [2.75, 3.05) is 5.32 Å². The Bertz CT molecular complexity index is 1550. The molecule has 2 aromatic heterocycles. The molecule has 7 heteroatoms. The van der Waals surface area contributed by atoms with Crippen molar-refractivity contribution in [1.29, 1.82) is 5.41 Å². The number of pyridine rings is 1. The number of ether oxygens (including phenoxy) is 1. The minimum absolute atomic E-state index is 0.00904. The Balaban J connectivity index is 1.38. The van der Waals surface area contributed by atoms with Crippen LogP contribution in [0.2, 0.25) is 0 Å². The normalized spacial score (nSPS) is 10.8. The number of nitrogens with zero attached hydrogens (tertiary/aromatic N) is 1. The fourth-order valence-corrected chi connectivity index (χ4v) is 4.04. The van der Waals surface area contributed by atoms with Crippen molar-refractivity contribution >= 4 is 28.3 Å². The number of hydrogen-bond donors (Lipinski definition) is 3.